The van der Waals surface area contributed by atoms with Gasteiger partial charge in [0, 0.05) is 23.7 Å². The fourth-order valence-corrected chi connectivity index (χ4v) is 5.20. The summed E-state index contributed by atoms with van der Waals surface area (Å²) in [6.45, 7) is 6.95. The third-order valence-electron chi connectivity index (χ3n) is 3.15. The molecular weight excluding hydrogens is 325 g/mol. The Balaban J connectivity index is 2.44. The van der Waals surface area contributed by atoms with E-state index in [1.165, 1.54) is 6.33 Å². The third kappa shape index (κ3) is 4.29. The van der Waals surface area contributed by atoms with Gasteiger partial charge in [0.2, 0.25) is 0 Å². The van der Waals surface area contributed by atoms with Gasteiger partial charge in [-0.1, -0.05) is 48.9 Å². The van der Waals surface area contributed by atoms with Gasteiger partial charge in [0.1, 0.15) is 18.3 Å². The molecule has 4 nitrogen and oxygen atoms in total. The van der Waals surface area contributed by atoms with Crippen molar-refractivity contribution in [2.24, 2.45) is 0 Å². The first-order chi connectivity index (χ1) is 9.70. The summed E-state index contributed by atoms with van der Waals surface area (Å²) in [4.78, 5) is 3.93. The first-order valence-electron chi connectivity index (χ1n) is 6.70. The Kier molecular flexibility index (Phi) is 4.78. The Morgan fingerprint density at radius 2 is 2.00 bits per heavy atom. The van der Waals surface area contributed by atoms with E-state index in [9.17, 15) is 5.11 Å². The van der Waals surface area contributed by atoms with E-state index in [4.69, 9.17) is 23.2 Å². The molecule has 0 fully saturated rings. The molecule has 0 aliphatic carbocycles. The summed E-state index contributed by atoms with van der Waals surface area (Å²) in [7, 11) is -1.55. The molecule has 1 aromatic heterocycles. The van der Waals surface area contributed by atoms with Gasteiger partial charge >= 0.3 is 0 Å². The van der Waals surface area contributed by atoms with E-state index in [1.54, 1.807) is 29.2 Å². The lowest BCUT2D eigenvalue weighted by atomic mass is 9.95. The Morgan fingerprint density at radius 3 is 2.52 bits per heavy atom. The van der Waals surface area contributed by atoms with Crippen LogP contribution in [0.2, 0.25) is 35.7 Å². The smallest absolute Gasteiger partial charge is 0.137 e. The maximum absolute atomic E-state index is 11.3. The van der Waals surface area contributed by atoms with Gasteiger partial charge in [-0.3, -0.25) is 0 Å². The van der Waals surface area contributed by atoms with E-state index < -0.39 is 13.7 Å². The minimum atomic E-state index is -1.55. The summed E-state index contributed by atoms with van der Waals surface area (Å²) in [6, 6.07) is 5.87. The highest BCUT2D eigenvalue weighted by atomic mass is 35.5. The highest BCUT2D eigenvalue weighted by Gasteiger charge is 2.37. The molecule has 7 heteroatoms. The fourth-order valence-electron chi connectivity index (χ4n) is 2.56. The van der Waals surface area contributed by atoms with Gasteiger partial charge < -0.3 is 5.11 Å². The van der Waals surface area contributed by atoms with Crippen LogP contribution in [0.4, 0.5) is 0 Å². The number of benzene rings is 1. The van der Waals surface area contributed by atoms with Crippen molar-refractivity contribution in [2.45, 2.75) is 37.8 Å². The van der Waals surface area contributed by atoms with Crippen LogP contribution < -0.4 is 0 Å². The van der Waals surface area contributed by atoms with Crippen molar-refractivity contribution in [3.63, 3.8) is 0 Å². The van der Waals surface area contributed by atoms with Gasteiger partial charge in [0.25, 0.3) is 0 Å². The van der Waals surface area contributed by atoms with Crippen molar-refractivity contribution in [3.8, 4) is 0 Å². The molecule has 0 aliphatic rings. The van der Waals surface area contributed by atoms with E-state index >= 15 is 0 Å². The second-order valence-corrected chi connectivity index (χ2v) is 12.8. The molecule has 1 atom stereocenters. The van der Waals surface area contributed by atoms with E-state index in [2.05, 4.69) is 29.7 Å². The monoisotopic (exact) mass is 343 g/mol. The molecule has 2 rings (SSSR count). The summed E-state index contributed by atoms with van der Waals surface area (Å²) in [6.07, 6.45) is 3.05. The normalized spacial score (nSPS) is 15.0. The minimum Gasteiger partial charge on any atom is -0.383 e. The molecule has 2 aromatic rings. The zero-order valence-corrected chi connectivity index (χ0v) is 14.9. The number of hydrogen-bond acceptors (Lipinski definition) is 3. The van der Waals surface area contributed by atoms with E-state index in [-0.39, 0.29) is 0 Å². The summed E-state index contributed by atoms with van der Waals surface area (Å²) >= 11 is 12.3. The number of aliphatic hydroxyl groups is 1. The molecule has 0 spiro atoms. The second kappa shape index (κ2) is 6.08. The lowest BCUT2D eigenvalue weighted by Gasteiger charge is -2.34. The average Bonchev–Trinajstić information content (AvgIpc) is 2.78. The Bertz CT molecular complexity index is 613. The molecule has 0 amide bonds. The third-order valence-corrected chi connectivity index (χ3v) is 5.34. The van der Waals surface area contributed by atoms with Crippen LogP contribution in [0.25, 0.3) is 0 Å². The summed E-state index contributed by atoms with van der Waals surface area (Å²) in [5.41, 5.74) is -0.397. The predicted octanol–water partition coefficient (Wildman–Crippen LogP) is 3.81. The van der Waals surface area contributed by atoms with Crippen molar-refractivity contribution in [3.05, 3.63) is 46.5 Å². The molecule has 1 unspecified atom stereocenters. The minimum absolute atomic E-state index is 0.318. The summed E-state index contributed by atoms with van der Waals surface area (Å²) < 4.78 is 1.63. The average molecular weight is 344 g/mol. The van der Waals surface area contributed by atoms with Crippen LogP contribution in [0.3, 0.4) is 0 Å². The van der Waals surface area contributed by atoms with E-state index in [0.29, 0.717) is 28.2 Å². The Labute approximate surface area is 135 Å². The molecule has 0 saturated carbocycles. The van der Waals surface area contributed by atoms with E-state index in [1.807, 2.05) is 0 Å². The van der Waals surface area contributed by atoms with Gasteiger partial charge in [-0.15, -0.1) is 0 Å². The van der Waals surface area contributed by atoms with Crippen molar-refractivity contribution < 1.29 is 5.11 Å². The first kappa shape index (κ1) is 16.5. The number of aromatic nitrogens is 3. The quantitative estimate of drug-likeness (QED) is 0.839. The number of nitrogens with zero attached hydrogens (tertiary/aromatic N) is 3. The molecule has 21 heavy (non-hydrogen) atoms. The SMILES string of the molecule is C[Si](C)(C)CC(O)(Cn1cncn1)c1ccc(Cl)cc1Cl. The predicted molar refractivity (Wildman–Crippen MR) is 88.5 cm³/mol. The standard InChI is InChI=1S/C14H19Cl2N3OSi/c1-21(2,3)8-14(20,7-19-10-17-9-18-19)12-5-4-11(15)6-13(12)16/h4-6,9-10,20H,7-8H2,1-3H3. The van der Waals surface area contributed by atoms with Crippen molar-refractivity contribution >= 4 is 31.3 Å². The molecule has 0 saturated heterocycles. The molecule has 0 bridgehead atoms. The van der Waals surface area contributed by atoms with Gasteiger partial charge in [0.15, 0.2) is 0 Å². The second-order valence-electron chi connectivity index (χ2n) is 6.49. The fraction of sp³-hybridized carbons (Fsp3) is 0.429. The van der Waals surface area contributed by atoms with Crippen molar-refractivity contribution in [2.75, 3.05) is 0 Å². The van der Waals surface area contributed by atoms with Crippen molar-refractivity contribution in [1.29, 1.82) is 0 Å². The highest BCUT2D eigenvalue weighted by molar-refractivity contribution is 6.76. The maximum atomic E-state index is 11.3. The van der Waals surface area contributed by atoms with Crippen LogP contribution in [-0.2, 0) is 12.1 Å². The topological polar surface area (TPSA) is 50.9 Å². The number of rotatable bonds is 5. The van der Waals surface area contributed by atoms with Crippen LogP contribution >= 0.6 is 23.2 Å². The van der Waals surface area contributed by atoms with Crippen LogP contribution in [-0.4, -0.2) is 27.9 Å². The summed E-state index contributed by atoms with van der Waals surface area (Å²) in [5.74, 6) is 0. The lowest BCUT2D eigenvalue weighted by Crippen LogP contribution is -2.39. The molecule has 0 aliphatic heterocycles. The van der Waals surface area contributed by atoms with Crippen molar-refractivity contribution in [1.82, 2.24) is 14.8 Å². The Hall–Kier alpha value is -0.883. The molecule has 1 N–H and O–H groups in total. The van der Waals surface area contributed by atoms with Gasteiger partial charge in [0.05, 0.1) is 6.54 Å². The zero-order valence-electron chi connectivity index (χ0n) is 12.3. The molecule has 0 radical (unpaired) electrons. The van der Waals surface area contributed by atoms with Crippen LogP contribution in [0.15, 0.2) is 30.9 Å². The highest BCUT2D eigenvalue weighted by Crippen LogP contribution is 2.37. The maximum Gasteiger partial charge on any atom is 0.137 e. The zero-order chi connectivity index (χ0) is 15.7. The molecular formula is C14H19Cl2N3OSi. The van der Waals surface area contributed by atoms with Gasteiger partial charge in [-0.05, 0) is 18.2 Å². The van der Waals surface area contributed by atoms with E-state index in [0.717, 1.165) is 0 Å². The largest absolute Gasteiger partial charge is 0.383 e. The van der Waals surface area contributed by atoms with Crippen LogP contribution in [0.1, 0.15) is 5.56 Å². The number of halogens is 2. The van der Waals surface area contributed by atoms with Gasteiger partial charge in [-0.2, -0.15) is 5.10 Å². The first-order valence-corrected chi connectivity index (χ1v) is 11.2. The number of hydrogen-bond donors (Lipinski definition) is 1. The van der Waals surface area contributed by atoms with Crippen LogP contribution in [0, 0.1) is 0 Å². The molecule has 1 aromatic carbocycles. The molecule has 1 heterocycles. The Morgan fingerprint density at radius 1 is 1.29 bits per heavy atom. The lowest BCUT2D eigenvalue weighted by molar-refractivity contribution is 0.0333. The summed E-state index contributed by atoms with van der Waals surface area (Å²) in [5, 5.41) is 16.4. The molecule has 114 valence electrons. The van der Waals surface area contributed by atoms with Gasteiger partial charge in [-0.25, -0.2) is 9.67 Å². The van der Waals surface area contributed by atoms with Crippen LogP contribution in [0.5, 0.6) is 0 Å².